The van der Waals surface area contributed by atoms with Crippen LogP contribution in [0.5, 0.6) is 5.75 Å². The number of nitrogens with two attached hydrogens (primary N) is 1. The van der Waals surface area contributed by atoms with E-state index < -0.39 is 5.41 Å². The highest BCUT2D eigenvalue weighted by molar-refractivity contribution is 9.10. The van der Waals surface area contributed by atoms with Crippen molar-refractivity contribution in [3.8, 4) is 5.75 Å². The summed E-state index contributed by atoms with van der Waals surface area (Å²) in [4.78, 5) is 12.3. The highest BCUT2D eigenvalue weighted by Gasteiger charge is 2.29. The zero-order chi connectivity index (χ0) is 13.8. The standard InChI is InChI=1S/C14H20BrNO2/c1-4-14(2,9-16)13(17)8-10-7-11(18-3)5-6-12(10)15/h5-7H,4,8-9,16H2,1-3H3. The molecule has 0 amide bonds. The minimum Gasteiger partial charge on any atom is -0.497 e. The van der Waals surface area contributed by atoms with E-state index in [9.17, 15) is 4.79 Å². The van der Waals surface area contributed by atoms with Crippen LogP contribution in [0.2, 0.25) is 0 Å². The van der Waals surface area contributed by atoms with Gasteiger partial charge in [-0.05, 0) is 30.2 Å². The van der Waals surface area contributed by atoms with Gasteiger partial charge in [0.15, 0.2) is 0 Å². The highest BCUT2D eigenvalue weighted by Crippen LogP contribution is 2.27. The zero-order valence-corrected chi connectivity index (χ0v) is 12.7. The molecule has 100 valence electrons. The number of ether oxygens (including phenoxy) is 1. The Balaban J connectivity index is 2.94. The number of rotatable bonds is 6. The molecule has 1 aromatic rings. The van der Waals surface area contributed by atoms with Crippen LogP contribution in [-0.4, -0.2) is 19.4 Å². The first-order chi connectivity index (χ1) is 8.46. The summed E-state index contributed by atoms with van der Waals surface area (Å²) in [5.41, 5.74) is 6.20. The summed E-state index contributed by atoms with van der Waals surface area (Å²) in [6.45, 7) is 4.29. The van der Waals surface area contributed by atoms with E-state index in [1.165, 1.54) is 0 Å². The monoisotopic (exact) mass is 313 g/mol. The summed E-state index contributed by atoms with van der Waals surface area (Å²) in [7, 11) is 1.62. The number of hydrogen-bond donors (Lipinski definition) is 1. The summed E-state index contributed by atoms with van der Waals surface area (Å²) in [6, 6.07) is 5.64. The van der Waals surface area contributed by atoms with Crippen LogP contribution in [0.4, 0.5) is 0 Å². The van der Waals surface area contributed by atoms with Gasteiger partial charge in [0, 0.05) is 22.9 Å². The number of Topliss-reactive ketones (excluding diaryl/α,β-unsaturated/α-hetero) is 1. The molecule has 0 aliphatic rings. The molecule has 1 atom stereocenters. The van der Waals surface area contributed by atoms with Crippen LogP contribution in [0.1, 0.15) is 25.8 Å². The van der Waals surface area contributed by atoms with E-state index in [-0.39, 0.29) is 5.78 Å². The van der Waals surface area contributed by atoms with Crippen molar-refractivity contribution in [1.29, 1.82) is 0 Å². The van der Waals surface area contributed by atoms with Gasteiger partial charge >= 0.3 is 0 Å². The van der Waals surface area contributed by atoms with Crippen molar-refractivity contribution in [2.24, 2.45) is 11.1 Å². The van der Waals surface area contributed by atoms with E-state index in [1.807, 2.05) is 32.0 Å². The van der Waals surface area contributed by atoms with Gasteiger partial charge in [-0.2, -0.15) is 0 Å². The van der Waals surface area contributed by atoms with Crippen molar-refractivity contribution >= 4 is 21.7 Å². The number of carbonyl (C=O) groups excluding carboxylic acids is 1. The molecule has 0 bridgehead atoms. The van der Waals surface area contributed by atoms with E-state index in [0.29, 0.717) is 13.0 Å². The third-order valence-corrected chi connectivity index (χ3v) is 4.28. The Morgan fingerprint density at radius 1 is 1.50 bits per heavy atom. The Morgan fingerprint density at radius 3 is 2.67 bits per heavy atom. The van der Waals surface area contributed by atoms with E-state index in [4.69, 9.17) is 10.5 Å². The van der Waals surface area contributed by atoms with E-state index in [2.05, 4.69) is 15.9 Å². The molecule has 0 spiro atoms. The van der Waals surface area contributed by atoms with Gasteiger partial charge in [0.2, 0.25) is 0 Å². The Kier molecular flexibility index (Phi) is 5.35. The maximum Gasteiger partial charge on any atom is 0.144 e. The van der Waals surface area contributed by atoms with Crippen molar-refractivity contribution in [2.45, 2.75) is 26.7 Å². The van der Waals surface area contributed by atoms with Gasteiger partial charge in [0.1, 0.15) is 11.5 Å². The fraction of sp³-hybridized carbons (Fsp3) is 0.500. The molecular formula is C14H20BrNO2. The van der Waals surface area contributed by atoms with Crippen LogP contribution in [0.15, 0.2) is 22.7 Å². The second kappa shape index (κ2) is 6.34. The average Bonchev–Trinajstić information content (AvgIpc) is 2.40. The molecule has 0 saturated carbocycles. The lowest BCUT2D eigenvalue weighted by Gasteiger charge is -2.24. The zero-order valence-electron chi connectivity index (χ0n) is 11.1. The molecule has 4 heteroatoms. The van der Waals surface area contributed by atoms with E-state index in [1.54, 1.807) is 7.11 Å². The first-order valence-electron chi connectivity index (χ1n) is 6.02. The molecule has 2 N–H and O–H groups in total. The van der Waals surface area contributed by atoms with Crippen LogP contribution in [0, 0.1) is 5.41 Å². The number of carbonyl (C=O) groups is 1. The van der Waals surface area contributed by atoms with E-state index >= 15 is 0 Å². The molecule has 0 radical (unpaired) electrons. The van der Waals surface area contributed by atoms with Crippen LogP contribution >= 0.6 is 15.9 Å². The average molecular weight is 314 g/mol. The molecule has 0 aliphatic heterocycles. The summed E-state index contributed by atoms with van der Waals surface area (Å²) >= 11 is 3.46. The van der Waals surface area contributed by atoms with Gasteiger partial charge in [-0.15, -0.1) is 0 Å². The van der Waals surface area contributed by atoms with Crippen molar-refractivity contribution in [3.63, 3.8) is 0 Å². The smallest absolute Gasteiger partial charge is 0.144 e. The predicted octanol–water partition coefficient (Wildman–Crippen LogP) is 2.94. The van der Waals surface area contributed by atoms with Gasteiger partial charge < -0.3 is 10.5 Å². The fourth-order valence-corrected chi connectivity index (χ4v) is 2.04. The largest absolute Gasteiger partial charge is 0.497 e. The molecular weight excluding hydrogens is 294 g/mol. The van der Waals surface area contributed by atoms with Gasteiger partial charge in [-0.1, -0.05) is 29.8 Å². The van der Waals surface area contributed by atoms with Crippen LogP contribution in [0.25, 0.3) is 0 Å². The number of benzene rings is 1. The predicted molar refractivity (Wildman–Crippen MR) is 76.9 cm³/mol. The molecule has 3 nitrogen and oxygen atoms in total. The molecule has 0 aliphatic carbocycles. The first kappa shape index (κ1) is 15.2. The lowest BCUT2D eigenvalue weighted by molar-refractivity contribution is -0.126. The first-order valence-corrected chi connectivity index (χ1v) is 6.82. The Hall–Kier alpha value is -0.870. The Bertz CT molecular complexity index is 428. The third-order valence-electron chi connectivity index (χ3n) is 3.51. The molecule has 0 saturated heterocycles. The summed E-state index contributed by atoms with van der Waals surface area (Å²) < 4.78 is 6.10. The topological polar surface area (TPSA) is 52.3 Å². The van der Waals surface area contributed by atoms with Crippen LogP contribution < -0.4 is 10.5 Å². The molecule has 1 unspecified atom stereocenters. The number of halogens is 1. The SMILES string of the molecule is CCC(C)(CN)C(=O)Cc1cc(OC)ccc1Br. The second-order valence-electron chi connectivity index (χ2n) is 4.68. The van der Waals surface area contributed by atoms with Crippen molar-refractivity contribution < 1.29 is 9.53 Å². The van der Waals surface area contributed by atoms with Crippen LogP contribution in [0.3, 0.4) is 0 Å². The maximum absolute atomic E-state index is 12.3. The summed E-state index contributed by atoms with van der Waals surface area (Å²) in [6.07, 6.45) is 1.13. The molecule has 0 heterocycles. The minimum atomic E-state index is -0.442. The summed E-state index contributed by atoms with van der Waals surface area (Å²) in [5, 5.41) is 0. The number of ketones is 1. The molecule has 0 fully saturated rings. The molecule has 1 aromatic carbocycles. The van der Waals surface area contributed by atoms with Gasteiger partial charge in [-0.25, -0.2) is 0 Å². The van der Waals surface area contributed by atoms with Crippen molar-refractivity contribution in [1.82, 2.24) is 0 Å². The molecule has 0 aromatic heterocycles. The fourth-order valence-electron chi connectivity index (χ4n) is 1.66. The van der Waals surface area contributed by atoms with E-state index in [0.717, 1.165) is 22.2 Å². The summed E-state index contributed by atoms with van der Waals surface area (Å²) in [5.74, 6) is 0.924. The lowest BCUT2D eigenvalue weighted by atomic mass is 9.80. The molecule has 18 heavy (non-hydrogen) atoms. The van der Waals surface area contributed by atoms with Crippen molar-refractivity contribution in [2.75, 3.05) is 13.7 Å². The normalized spacial score (nSPS) is 14.1. The quantitative estimate of drug-likeness (QED) is 0.878. The maximum atomic E-state index is 12.3. The van der Waals surface area contributed by atoms with Gasteiger partial charge in [0.25, 0.3) is 0 Å². The Morgan fingerprint density at radius 2 is 2.17 bits per heavy atom. The molecule has 1 rings (SSSR count). The Labute approximate surface area is 117 Å². The minimum absolute atomic E-state index is 0.168. The number of methoxy groups -OCH3 is 1. The van der Waals surface area contributed by atoms with Crippen LogP contribution in [-0.2, 0) is 11.2 Å². The highest BCUT2D eigenvalue weighted by atomic mass is 79.9. The van der Waals surface area contributed by atoms with Gasteiger partial charge in [-0.3, -0.25) is 4.79 Å². The van der Waals surface area contributed by atoms with Gasteiger partial charge in [0.05, 0.1) is 7.11 Å². The third kappa shape index (κ3) is 3.33. The number of hydrogen-bond acceptors (Lipinski definition) is 3. The lowest BCUT2D eigenvalue weighted by Crippen LogP contribution is -2.36. The van der Waals surface area contributed by atoms with Crippen molar-refractivity contribution in [3.05, 3.63) is 28.2 Å². The second-order valence-corrected chi connectivity index (χ2v) is 5.53.